The van der Waals surface area contributed by atoms with E-state index in [1.165, 1.54) is 23.0 Å². The third kappa shape index (κ3) is 5.58. The fourth-order valence-corrected chi connectivity index (χ4v) is 5.98. The van der Waals surface area contributed by atoms with E-state index < -0.39 is 4.92 Å². The molecule has 9 nitrogen and oxygen atoms in total. The van der Waals surface area contributed by atoms with Gasteiger partial charge in [0.05, 0.1) is 31.0 Å². The number of halogens is 3. The largest absolute Gasteiger partial charge is 0.487 e. The summed E-state index contributed by atoms with van der Waals surface area (Å²) in [6, 6.07) is 23.9. The number of non-ortho nitro benzene ring substituents is 1. The molecule has 42 heavy (non-hydrogen) atoms. The van der Waals surface area contributed by atoms with Gasteiger partial charge >= 0.3 is 0 Å². The number of ether oxygens (including phenoxy) is 1. The molecule has 0 unspecified atom stereocenters. The van der Waals surface area contributed by atoms with Gasteiger partial charge in [0.15, 0.2) is 5.76 Å². The number of fused-ring (bicyclic) bond motifs is 2. The number of aromatic nitrogens is 2. The molecule has 2 aromatic heterocycles. The summed E-state index contributed by atoms with van der Waals surface area (Å²) in [5, 5.41) is 17.3. The van der Waals surface area contributed by atoms with Gasteiger partial charge in [-0.25, -0.2) is 4.98 Å². The number of para-hydroxylation sites is 1. The molecule has 0 radical (unpaired) electrons. The van der Waals surface area contributed by atoms with Gasteiger partial charge in [0.1, 0.15) is 17.9 Å². The first-order valence-electron chi connectivity index (χ1n) is 12.4. The first kappa shape index (κ1) is 27.8. The molecule has 6 rings (SSSR count). The molecule has 12 heteroatoms. The molecule has 208 valence electrons. The minimum absolute atomic E-state index is 0.00923. The first-order valence-corrected chi connectivity index (χ1v) is 14.3. The van der Waals surface area contributed by atoms with Crippen molar-refractivity contribution < 1.29 is 14.1 Å². The lowest BCUT2D eigenvalue weighted by molar-refractivity contribution is -0.384. The average Bonchev–Trinajstić information content (AvgIpc) is 3.39. The van der Waals surface area contributed by atoms with Crippen molar-refractivity contribution in [3.63, 3.8) is 0 Å². The van der Waals surface area contributed by atoms with Crippen LogP contribution >= 0.6 is 43.5 Å². The highest BCUT2D eigenvalue weighted by Gasteiger charge is 2.17. The van der Waals surface area contributed by atoms with Crippen LogP contribution < -0.4 is 10.3 Å². The van der Waals surface area contributed by atoms with Crippen LogP contribution in [0.25, 0.3) is 33.5 Å². The van der Waals surface area contributed by atoms with Crippen LogP contribution in [0.5, 0.6) is 5.75 Å². The van der Waals surface area contributed by atoms with Crippen LogP contribution in [0, 0.1) is 10.1 Å². The number of rotatable bonds is 7. The Morgan fingerprint density at radius 2 is 1.81 bits per heavy atom. The second kappa shape index (κ2) is 11.5. The lowest BCUT2D eigenvalue weighted by Crippen LogP contribution is -2.20. The molecule has 0 bridgehead atoms. The van der Waals surface area contributed by atoms with Crippen LogP contribution in [0.15, 0.2) is 108 Å². The van der Waals surface area contributed by atoms with Crippen molar-refractivity contribution in [2.24, 2.45) is 5.10 Å². The van der Waals surface area contributed by atoms with Gasteiger partial charge in [-0.2, -0.15) is 9.78 Å². The number of nitro benzene ring substituents is 1. The molecule has 2 heterocycles. The molecular formula is C30H17Br2ClN4O5. The van der Waals surface area contributed by atoms with Gasteiger partial charge in [0.25, 0.3) is 11.2 Å². The van der Waals surface area contributed by atoms with Crippen molar-refractivity contribution in [1.29, 1.82) is 0 Å². The summed E-state index contributed by atoms with van der Waals surface area (Å²) in [4.78, 5) is 28.9. The number of furan rings is 1. The van der Waals surface area contributed by atoms with Crippen molar-refractivity contribution in [1.82, 2.24) is 9.66 Å². The van der Waals surface area contributed by atoms with E-state index in [0.29, 0.717) is 53.1 Å². The van der Waals surface area contributed by atoms with Crippen LogP contribution in [-0.2, 0) is 6.61 Å². The molecule has 0 atom stereocenters. The van der Waals surface area contributed by atoms with Crippen LogP contribution in [0.4, 0.5) is 5.69 Å². The van der Waals surface area contributed by atoms with Gasteiger partial charge < -0.3 is 9.15 Å². The lowest BCUT2D eigenvalue weighted by atomic mass is 10.2. The second-order valence-corrected chi connectivity index (χ2v) is 11.3. The van der Waals surface area contributed by atoms with Crippen LogP contribution in [0.3, 0.4) is 0 Å². The second-order valence-electron chi connectivity index (χ2n) is 9.14. The predicted molar refractivity (Wildman–Crippen MR) is 168 cm³/mol. The van der Waals surface area contributed by atoms with E-state index >= 15 is 0 Å². The SMILES string of the molecule is O=c1c2ccccc2nc(-c2cc3cc(Cl)ccc3o2)n1N=Cc1cc(Br)c(OCc2cccc([N+](=O)[O-])c2)c(Br)c1. The maximum absolute atomic E-state index is 13.6. The van der Waals surface area contributed by atoms with Crippen molar-refractivity contribution in [2.75, 3.05) is 0 Å². The van der Waals surface area contributed by atoms with Crippen molar-refractivity contribution in [3.05, 3.63) is 130 Å². The molecule has 0 aliphatic heterocycles. The summed E-state index contributed by atoms with van der Waals surface area (Å²) in [5.41, 5.74) is 2.04. The molecular weight excluding hydrogens is 692 g/mol. The Balaban J connectivity index is 1.35. The van der Waals surface area contributed by atoms with Crippen LogP contribution in [0.1, 0.15) is 11.1 Å². The highest BCUT2D eigenvalue weighted by molar-refractivity contribution is 9.11. The van der Waals surface area contributed by atoms with E-state index in [2.05, 4.69) is 37.0 Å². The minimum atomic E-state index is -0.449. The van der Waals surface area contributed by atoms with Gasteiger partial charge in [-0.05, 0) is 91.5 Å². The molecule has 0 saturated heterocycles. The van der Waals surface area contributed by atoms with E-state index in [1.807, 2.05) is 6.07 Å². The number of hydrogen-bond acceptors (Lipinski definition) is 7. The Morgan fingerprint density at radius 1 is 1.02 bits per heavy atom. The van der Waals surface area contributed by atoms with Gasteiger partial charge in [0.2, 0.25) is 5.82 Å². The molecule has 6 aromatic rings. The Hall–Kier alpha value is -4.32. The zero-order chi connectivity index (χ0) is 29.4. The van der Waals surface area contributed by atoms with Crippen LogP contribution in [0.2, 0.25) is 5.02 Å². The molecule has 0 saturated carbocycles. The standard InChI is InChI=1S/C30H17Br2ClN4O5/c31-23-11-18(12-24(32)28(23)41-16-17-4-3-5-21(10-17)37(39)40)15-34-36-29(35-25-7-2-1-6-22(25)30(36)38)27-14-19-13-20(33)8-9-26(19)42-27/h1-15H,16H2. The summed E-state index contributed by atoms with van der Waals surface area (Å²) >= 11 is 13.2. The number of benzene rings is 4. The average molecular weight is 709 g/mol. The first-order chi connectivity index (χ1) is 20.3. The normalized spacial score (nSPS) is 11.5. The molecule has 4 aromatic carbocycles. The topological polar surface area (TPSA) is 113 Å². The van der Waals surface area contributed by atoms with Gasteiger partial charge in [-0.15, -0.1) is 0 Å². The lowest BCUT2D eigenvalue weighted by Gasteiger charge is -2.11. The van der Waals surface area contributed by atoms with E-state index in [0.717, 1.165) is 5.39 Å². The highest BCUT2D eigenvalue weighted by atomic mass is 79.9. The number of nitrogens with zero attached hydrogens (tertiary/aromatic N) is 4. The highest BCUT2D eigenvalue weighted by Crippen LogP contribution is 2.35. The maximum Gasteiger partial charge on any atom is 0.282 e. The van der Waals surface area contributed by atoms with E-state index in [4.69, 9.17) is 25.7 Å². The summed E-state index contributed by atoms with van der Waals surface area (Å²) in [6.45, 7) is 0.122. The number of nitro groups is 1. The maximum atomic E-state index is 13.6. The van der Waals surface area contributed by atoms with Crippen molar-refractivity contribution >= 4 is 77.2 Å². The van der Waals surface area contributed by atoms with E-state index in [-0.39, 0.29) is 23.7 Å². The summed E-state index contributed by atoms with van der Waals surface area (Å²) < 4.78 is 14.4. The van der Waals surface area contributed by atoms with Crippen LogP contribution in [-0.4, -0.2) is 20.8 Å². The summed E-state index contributed by atoms with van der Waals surface area (Å²) in [6.07, 6.45) is 1.53. The Kier molecular flexibility index (Phi) is 7.63. The van der Waals surface area contributed by atoms with E-state index in [1.54, 1.807) is 66.7 Å². The Morgan fingerprint density at radius 3 is 2.60 bits per heavy atom. The molecule has 0 amide bonds. The molecule has 0 spiro atoms. The summed E-state index contributed by atoms with van der Waals surface area (Å²) in [5.74, 6) is 1.10. The fourth-order valence-electron chi connectivity index (χ4n) is 4.35. The molecule has 0 N–H and O–H groups in total. The fraction of sp³-hybridized carbons (Fsp3) is 0.0333. The molecule has 0 fully saturated rings. The van der Waals surface area contributed by atoms with E-state index in [9.17, 15) is 14.9 Å². The monoisotopic (exact) mass is 706 g/mol. The minimum Gasteiger partial charge on any atom is -0.487 e. The summed E-state index contributed by atoms with van der Waals surface area (Å²) in [7, 11) is 0. The Bertz CT molecular complexity index is 2090. The van der Waals surface area contributed by atoms with Gasteiger partial charge in [-0.1, -0.05) is 35.9 Å². The van der Waals surface area contributed by atoms with Crippen molar-refractivity contribution in [2.45, 2.75) is 6.61 Å². The quantitative estimate of drug-likeness (QED) is 0.0936. The third-order valence-corrected chi connectivity index (χ3v) is 7.71. The number of hydrogen-bond donors (Lipinski definition) is 0. The Labute approximate surface area is 259 Å². The van der Waals surface area contributed by atoms with Gasteiger partial charge in [0, 0.05) is 22.5 Å². The predicted octanol–water partition coefficient (Wildman–Crippen LogP) is 8.36. The molecule has 0 aliphatic carbocycles. The van der Waals surface area contributed by atoms with Gasteiger partial charge in [-0.3, -0.25) is 14.9 Å². The smallest absolute Gasteiger partial charge is 0.282 e. The molecule has 0 aliphatic rings. The zero-order valence-corrected chi connectivity index (χ0v) is 25.3. The zero-order valence-electron chi connectivity index (χ0n) is 21.3. The van der Waals surface area contributed by atoms with Crippen molar-refractivity contribution in [3.8, 4) is 17.3 Å². The third-order valence-electron chi connectivity index (χ3n) is 6.30.